The standard InChI is InChI=1S/C23H21BrN4/c1-3-4-7-18-15(2)19(14-25)23-27-20-8-5-6-9-21(20)28(23)22(18)26-17-12-10-16(24)11-13-17/h5-6,8-13,26H,3-4,7H2,1-2H3. The lowest BCUT2D eigenvalue weighted by Crippen LogP contribution is -2.08. The number of pyridine rings is 1. The third-order valence-electron chi connectivity index (χ3n) is 5.12. The van der Waals surface area contributed by atoms with Gasteiger partial charge in [0.15, 0.2) is 5.65 Å². The van der Waals surface area contributed by atoms with Crippen LogP contribution in [-0.2, 0) is 6.42 Å². The van der Waals surface area contributed by atoms with E-state index in [0.29, 0.717) is 11.2 Å². The number of unbranched alkanes of at least 4 members (excludes halogenated alkanes) is 1. The number of hydrogen-bond donors (Lipinski definition) is 1. The van der Waals surface area contributed by atoms with E-state index in [0.717, 1.165) is 51.8 Å². The molecule has 0 saturated carbocycles. The van der Waals surface area contributed by atoms with E-state index in [1.807, 2.05) is 49.4 Å². The van der Waals surface area contributed by atoms with Crippen LogP contribution >= 0.6 is 15.9 Å². The number of benzene rings is 2. The van der Waals surface area contributed by atoms with E-state index in [9.17, 15) is 5.26 Å². The molecule has 1 N–H and O–H groups in total. The van der Waals surface area contributed by atoms with Crippen LogP contribution in [0.3, 0.4) is 0 Å². The van der Waals surface area contributed by atoms with Gasteiger partial charge in [-0.1, -0.05) is 41.4 Å². The van der Waals surface area contributed by atoms with Gasteiger partial charge >= 0.3 is 0 Å². The van der Waals surface area contributed by atoms with Crippen molar-refractivity contribution in [2.45, 2.75) is 33.1 Å². The zero-order valence-electron chi connectivity index (χ0n) is 16.0. The monoisotopic (exact) mass is 432 g/mol. The number of anilines is 2. The highest BCUT2D eigenvalue weighted by Crippen LogP contribution is 2.33. The van der Waals surface area contributed by atoms with E-state index >= 15 is 0 Å². The van der Waals surface area contributed by atoms with Crippen LogP contribution in [0.4, 0.5) is 11.5 Å². The SMILES string of the molecule is CCCCc1c(C)c(C#N)c2nc3ccccc3n2c1Nc1ccc(Br)cc1. The van der Waals surface area contributed by atoms with Crippen molar-refractivity contribution in [3.63, 3.8) is 0 Å². The summed E-state index contributed by atoms with van der Waals surface area (Å²) in [5, 5.41) is 13.5. The summed E-state index contributed by atoms with van der Waals surface area (Å²) in [4.78, 5) is 4.78. The maximum absolute atomic E-state index is 9.87. The Morgan fingerprint density at radius 3 is 2.61 bits per heavy atom. The predicted octanol–water partition coefficient (Wildman–Crippen LogP) is 6.52. The number of nitrogens with zero attached hydrogens (tertiary/aromatic N) is 3. The second-order valence-corrected chi connectivity index (χ2v) is 7.85. The molecule has 4 nitrogen and oxygen atoms in total. The number of imidazole rings is 1. The minimum absolute atomic E-state index is 0.656. The van der Waals surface area contributed by atoms with Crippen LogP contribution in [0, 0.1) is 18.3 Å². The lowest BCUT2D eigenvalue weighted by molar-refractivity contribution is 0.788. The van der Waals surface area contributed by atoms with Gasteiger partial charge < -0.3 is 5.32 Å². The average molecular weight is 433 g/mol. The Kier molecular flexibility index (Phi) is 5.06. The van der Waals surface area contributed by atoms with Crippen molar-refractivity contribution in [1.82, 2.24) is 9.38 Å². The number of para-hydroxylation sites is 2. The van der Waals surface area contributed by atoms with Gasteiger partial charge in [-0.25, -0.2) is 4.98 Å². The Morgan fingerprint density at radius 2 is 1.89 bits per heavy atom. The Balaban J connectivity index is 2.05. The van der Waals surface area contributed by atoms with E-state index in [1.165, 1.54) is 5.56 Å². The molecule has 0 atom stereocenters. The highest BCUT2D eigenvalue weighted by atomic mass is 79.9. The number of halogens is 1. The lowest BCUT2D eigenvalue weighted by Gasteiger charge is -2.19. The first-order valence-electron chi connectivity index (χ1n) is 9.49. The van der Waals surface area contributed by atoms with Crippen molar-refractivity contribution in [3.05, 3.63) is 69.7 Å². The summed E-state index contributed by atoms with van der Waals surface area (Å²) in [6.07, 6.45) is 3.08. The molecule has 2 aromatic heterocycles. The van der Waals surface area contributed by atoms with E-state index in [1.54, 1.807) is 0 Å². The summed E-state index contributed by atoms with van der Waals surface area (Å²) in [7, 11) is 0. The van der Waals surface area contributed by atoms with Gasteiger partial charge in [0.2, 0.25) is 0 Å². The Morgan fingerprint density at radius 1 is 1.14 bits per heavy atom. The summed E-state index contributed by atoms with van der Waals surface area (Å²) < 4.78 is 3.15. The summed E-state index contributed by atoms with van der Waals surface area (Å²) >= 11 is 3.50. The average Bonchev–Trinajstić information content (AvgIpc) is 3.08. The van der Waals surface area contributed by atoms with Crippen LogP contribution in [0.25, 0.3) is 16.7 Å². The normalized spacial score (nSPS) is 11.1. The van der Waals surface area contributed by atoms with Gasteiger partial charge in [-0.2, -0.15) is 5.26 Å². The summed E-state index contributed by atoms with van der Waals surface area (Å²) in [5.41, 5.74) is 6.46. The molecule has 0 amide bonds. The van der Waals surface area contributed by atoms with E-state index in [2.05, 4.69) is 44.7 Å². The van der Waals surface area contributed by atoms with Crippen molar-refractivity contribution in [3.8, 4) is 6.07 Å². The molecular weight excluding hydrogens is 412 g/mol. The fourth-order valence-corrected chi connectivity index (χ4v) is 3.91. The number of nitrogens with one attached hydrogen (secondary N) is 1. The zero-order valence-corrected chi connectivity index (χ0v) is 17.5. The van der Waals surface area contributed by atoms with Crippen molar-refractivity contribution < 1.29 is 0 Å². The van der Waals surface area contributed by atoms with Gasteiger partial charge in [0.25, 0.3) is 0 Å². The molecule has 0 saturated heterocycles. The summed E-state index contributed by atoms with van der Waals surface area (Å²) in [5.74, 6) is 0.996. The lowest BCUT2D eigenvalue weighted by atomic mass is 9.99. The van der Waals surface area contributed by atoms with Crippen LogP contribution in [-0.4, -0.2) is 9.38 Å². The number of aromatic nitrogens is 2. The molecule has 28 heavy (non-hydrogen) atoms. The highest BCUT2D eigenvalue weighted by molar-refractivity contribution is 9.10. The van der Waals surface area contributed by atoms with Crippen molar-refractivity contribution in [2.75, 3.05) is 5.32 Å². The molecule has 2 aromatic carbocycles. The molecule has 140 valence electrons. The number of nitriles is 1. The minimum atomic E-state index is 0.656. The maximum Gasteiger partial charge on any atom is 0.157 e. The van der Waals surface area contributed by atoms with Crippen molar-refractivity contribution in [2.24, 2.45) is 0 Å². The van der Waals surface area contributed by atoms with Gasteiger partial charge in [0.05, 0.1) is 16.6 Å². The second kappa shape index (κ2) is 7.65. The fraction of sp³-hybridized carbons (Fsp3) is 0.217. The van der Waals surface area contributed by atoms with Gasteiger partial charge in [0.1, 0.15) is 11.9 Å². The smallest absolute Gasteiger partial charge is 0.157 e. The molecule has 0 bridgehead atoms. The fourth-order valence-electron chi connectivity index (χ4n) is 3.65. The number of rotatable bonds is 5. The van der Waals surface area contributed by atoms with Crippen LogP contribution in [0.5, 0.6) is 0 Å². The third-order valence-corrected chi connectivity index (χ3v) is 5.65. The molecule has 0 aliphatic rings. The quantitative estimate of drug-likeness (QED) is 0.390. The van der Waals surface area contributed by atoms with Crippen LogP contribution in [0.2, 0.25) is 0 Å². The van der Waals surface area contributed by atoms with Gasteiger partial charge in [0, 0.05) is 10.2 Å². The highest BCUT2D eigenvalue weighted by Gasteiger charge is 2.20. The predicted molar refractivity (Wildman–Crippen MR) is 118 cm³/mol. The van der Waals surface area contributed by atoms with E-state index in [-0.39, 0.29) is 0 Å². The van der Waals surface area contributed by atoms with Crippen LogP contribution in [0.15, 0.2) is 53.0 Å². The van der Waals surface area contributed by atoms with Gasteiger partial charge in [-0.15, -0.1) is 0 Å². The molecule has 0 radical (unpaired) electrons. The number of hydrogen-bond acceptors (Lipinski definition) is 3. The largest absolute Gasteiger partial charge is 0.341 e. The van der Waals surface area contributed by atoms with Gasteiger partial charge in [-0.3, -0.25) is 4.40 Å². The van der Waals surface area contributed by atoms with E-state index < -0.39 is 0 Å². The molecule has 0 spiro atoms. The Bertz CT molecular complexity index is 1200. The third kappa shape index (κ3) is 3.14. The van der Waals surface area contributed by atoms with E-state index in [4.69, 9.17) is 4.98 Å². The van der Waals surface area contributed by atoms with Gasteiger partial charge in [-0.05, 0) is 67.3 Å². The van der Waals surface area contributed by atoms with Crippen LogP contribution < -0.4 is 5.32 Å². The summed E-state index contributed by atoms with van der Waals surface area (Å²) in [6, 6.07) is 18.6. The zero-order chi connectivity index (χ0) is 19.7. The molecule has 4 rings (SSSR count). The minimum Gasteiger partial charge on any atom is -0.341 e. The molecule has 0 aliphatic carbocycles. The van der Waals surface area contributed by atoms with Crippen molar-refractivity contribution in [1.29, 1.82) is 5.26 Å². The molecule has 0 fully saturated rings. The molecule has 2 heterocycles. The Hall–Kier alpha value is -2.84. The molecule has 0 unspecified atom stereocenters. The molecule has 4 aromatic rings. The van der Waals surface area contributed by atoms with Crippen molar-refractivity contribution >= 4 is 44.1 Å². The first-order chi connectivity index (χ1) is 13.6. The second-order valence-electron chi connectivity index (χ2n) is 6.93. The Labute approximate surface area is 173 Å². The first-order valence-corrected chi connectivity index (χ1v) is 10.3. The molecule has 0 aliphatic heterocycles. The van der Waals surface area contributed by atoms with Crippen LogP contribution in [0.1, 0.15) is 36.5 Å². The molecule has 5 heteroatoms. The topological polar surface area (TPSA) is 53.1 Å². The molecular formula is C23H21BrN4. The number of fused-ring (bicyclic) bond motifs is 3. The first kappa shape index (κ1) is 18.5. The summed E-state index contributed by atoms with van der Waals surface area (Å²) in [6.45, 7) is 4.23. The maximum atomic E-state index is 9.87.